The molecule has 0 radical (unpaired) electrons. The maximum absolute atomic E-state index is 9.85. The SMILES string of the molecule is CC(C)(O)C(C)(C)OOc1cncc(C#N)c1. The van der Waals surface area contributed by atoms with Crippen molar-refractivity contribution in [2.75, 3.05) is 0 Å². The third-order valence-electron chi connectivity index (χ3n) is 2.66. The minimum Gasteiger partial charge on any atom is -0.387 e. The molecule has 1 rings (SSSR count). The van der Waals surface area contributed by atoms with Crippen LogP contribution in [-0.2, 0) is 4.89 Å². The normalized spacial score (nSPS) is 12.0. The van der Waals surface area contributed by atoms with E-state index in [4.69, 9.17) is 15.0 Å². The van der Waals surface area contributed by atoms with Gasteiger partial charge >= 0.3 is 0 Å². The van der Waals surface area contributed by atoms with E-state index >= 15 is 0 Å². The summed E-state index contributed by atoms with van der Waals surface area (Å²) in [4.78, 5) is 14.1. The lowest BCUT2D eigenvalue weighted by molar-refractivity contribution is -0.321. The number of hydrogen-bond acceptors (Lipinski definition) is 5. The van der Waals surface area contributed by atoms with Gasteiger partial charge in [-0.3, -0.25) is 4.98 Å². The first-order valence-corrected chi connectivity index (χ1v) is 5.19. The molecule has 0 aromatic carbocycles. The van der Waals surface area contributed by atoms with E-state index < -0.39 is 11.2 Å². The fraction of sp³-hybridized carbons (Fsp3) is 0.500. The van der Waals surface area contributed by atoms with Crippen LogP contribution in [0.1, 0.15) is 33.3 Å². The van der Waals surface area contributed by atoms with Gasteiger partial charge in [-0.25, -0.2) is 0 Å². The molecular formula is C12H16N2O3. The van der Waals surface area contributed by atoms with E-state index in [2.05, 4.69) is 4.98 Å². The van der Waals surface area contributed by atoms with Crippen molar-refractivity contribution in [2.24, 2.45) is 0 Å². The molecule has 1 N–H and O–H groups in total. The molecule has 0 fully saturated rings. The van der Waals surface area contributed by atoms with E-state index in [1.165, 1.54) is 18.5 Å². The summed E-state index contributed by atoms with van der Waals surface area (Å²) in [5.74, 6) is 0.321. The van der Waals surface area contributed by atoms with E-state index in [1.807, 2.05) is 6.07 Å². The minimum atomic E-state index is -1.06. The first-order valence-electron chi connectivity index (χ1n) is 5.19. The molecule has 1 aromatic rings. The molecule has 0 atom stereocenters. The molecule has 1 heterocycles. The lowest BCUT2D eigenvalue weighted by Gasteiger charge is -2.34. The van der Waals surface area contributed by atoms with Crippen molar-refractivity contribution in [3.05, 3.63) is 24.0 Å². The second kappa shape index (κ2) is 4.70. The van der Waals surface area contributed by atoms with Crippen LogP contribution in [-0.4, -0.2) is 21.3 Å². The zero-order valence-corrected chi connectivity index (χ0v) is 10.4. The zero-order chi connectivity index (χ0) is 13.1. The first kappa shape index (κ1) is 13.4. The third-order valence-corrected chi connectivity index (χ3v) is 2.66. The summed E-state index contributed by atoms with van der Waals surface area (Å²) in [5.41, 5.74) is -1.57. The first-order chi connectivity index (χ1) is 7.76. The largest absolute Gasteiger partial charge is 0.387 e. The van der Waals surface area contributed by atoms with Gasteiger partial charge in [0, 0.05) is 12.3 Å². The van der Waals surface area contributed by atoms with Crippen LogP contribution in [0.25, 0.3) is 0 Å². The van der Waals surface area contributed by atoms with Crippen molar-refractivity contribution >= 4 is 0 Å². The smallest absolute Gasteiger partial charge is 0.184 e. The van der Waals surface area contributed by atoms with Gasteiger partial charge in [0.15, 0.2) is 5.75 Å². The van der Waals surface area contributed by atoms with E-state index in [0.717, 1.165) is 0 Å². The van der Waals surface area contributed by atoms with Crippen LogP contribution >= 0.6 is 0 Å². The molecule has 0 aliphatic heterocycles. The van der Waals surface area contributed by atoms with Crippen LogP contribution in [0.15, 0.2) is 18.5 Å². The minimum absolute atomic E-state index is 0.321. The molecule has 0 bridgehead atoms. The summed E-state index contributed by atoms with van der Waals surface area (Å²) in [6.07, 6.45) is 2.86. The summed E-state index contributed by atoms with van der Waals surface area (Å²) >= 11 is 0. The number of hydrogen-bond donors (Lipinski definition) is 1. The monoisotopic (exact) mass is 236 g/mol. The topological polar surface area (TPSA) is 75.4 Å². The van der Waals surface area contributed by atoms with Gasteiger partial charge in [-0.1, -0.05) is 0 Å². The predicted molar refractivity (Wildman–Crippen MR) is 61.0 cm³/mol. The summed E-state index contributed by atoms with van der Waals surface area (Å²) < 4.78 is 0. The summed E-state index contributed by atoms with van der Waals surface area (Å²) in [6, 6.07) is 3.45. The molecule has 92 valence electrons. The molecule has 0 saturated heterocycles. The molecule has 17 heavy (non-hydrogen) atoms. The number of nitriles is 1. The molecule has 0 spiro atoms. The van der Waals surface area contributed by atoms with Crippen molar-refractivity contribution in [3.8, 4) is 11.8 Å². The highest BCUT2D eigenvalue weighted by Gasteiger charge is 2.38. The van der Waals surface area contributed by atoms with Crippen molar-refractivity contribution in [1.29, 1.82) is 5.26 Å². The highest BCUT2D eigenvalue weighted by atomic mass is 17.2. The number of pyridine rings is 1. The van der Waals surface area contributed by atoms with Gasteiger partial charge in [0.05, 0.1) is 17.4 Å². The average Bonchev–Trinajstić information content (AvgIpc) is 2.25. The van der Waals surface area contributed by atoms with Gasteiger partial charge in [0.1, 0.15) is 11.7 Å². The molecular weight excluding hydrogens is 220 g/mol. The van der Waals surface area contributed by atoms with Gasteiger partial charge in [-0.2, -0.15) is 10.1 Å². The lowest BCUT2D eigenvalue weighted by atomic mass is 9.90. The summed E-state index contributed by atoms with van der Waals surface area (Å²) in [6.45, 7) is 6.66. The number of aliphatic hydroxyl groups is 1. The standard InChI is InChI=1S/C12H16N2O3/c1-11(2,15)12(3,4)17-16-10-5-9(6-13)7-14-8-10/h5,7-8,15H,1-4H3. The molecule has 0 saturated carbocycles. The maximum atomic E-state index is 9.85. The van der Waals surface area contributed by atoms with Gasteiger partial charge in [-0.05, 0) is 27.7 Å². The van der Waals surface area contributed by atoms with Gasteiger partial charge in [0.25, 0.3) is 0 Å². The summed E-state index contributed by atoms with van der Waals surface area (Å²) in [5, 5.41) is 18.5. The van der Waals surface area contributed by atoms with Crippen LogP contribution in [0.5, 0.6) is 5.75 Å². The van der Waals surface area contributed by atoms with Crippen molar-refractivity contribution in [1.82, 2.24) is 4.98 Å². The van der Waals surface area contributed by atoms with Crippen LogP contribution in [0.4, 0.5) is 0 Å². The Labute approximate surface area is 101 Å². The maximum Gasteiger partial charge on any atom is 0.184 e. The quantitative estimate of drug-likeness (QED) is 0.637. The summed E-state index contributed by atoms with van der Waals surface area (Å²) in [7, 11) is 0. The van der Waals surface area contributed by atoms with Gasteiger partial charge in [0.2, 0.25) is 0 Å². The molecule has 0 aliphatic rings. The van der Waals surface area contributed by atoms with E-state index in [1.54, 1.807) is 27.7 Å². The van der Waals surface area contributed by atoms with Crippen LogP contribution < -0.4 is 4.89 Å². The van der Waals surface area contributed by atoms with Crippen molar-refractivity contribution in [3.63, 3.8) is 0 Å². The number of rotatable bonds is 4. The molecule has 5 heteroatoms. The Hall–Kier alpha value is -1.64. The Morgan fingerprint density at radius 2 is 1.94 bits per heavy atom. The van der Waals surface area contributed by atoms with Crippen molar-refractivity contribution in [2.45, 2.75) is 38.9 Å². The Morgan fingerprint density at radius 3 is 2.47 bits per heavy atom. The highest BCUT2D eigenvalue weighted by Crippen LogP contribution is 2.26. The van der Waals surface area contributed by atoms with E-state index in [0.29, 0.717) is 11.3 Å². The highest BCUT2D eigenvalue weighted by molar-refractivity contribution is 5.31. The Bertz CT molecular complexity index is 430. The Balaban J connectivity index is 2.71. The molecule has 0 unspecified atom stereocenters. The molecule has 5 nitrogen and oxygen atoms in total. The van der Waals surface area contributed by atoms with Gasteiger partial charge in [-0.15, -0.1) is 0 Å². The molecule has 0 amide bonds. The predicted octanol–water partition coefficient (Wildman–Crippen LogP) is 1.81. The van der Waals surface area contributed by atoms with Crippen LogP contribution in [0, 0.1) is 11.3 Å². The van der Waals surface area contributed by atoms with Crippen LogP contribution in [0.3, 0.4) is 0 Å². The van der Waals surface area contributed by atoms with Gasteiger partial charge < -0.3 is 9.99 Å². The molecule has 0 aliphatic carbocycles. The second-order valence-corrected chi connectivity index (χ2v) is 4.76. The van der Waals surface area contributed by atoms with E-state index in [9.17, 15) is 5.11 Å². The fourth-order valence-electron chi connectivity index (χ4n) is 0.780. The molecule has 1 aromatic heterocycles. The fourth-order valence-corrected chi connectivity index (χ4v) is 0.780. The third kappa shape index (κ3) is 3.41. The lowest BCUT2D eigenvalue weighted by Crippen LogP contribution is -2.47. The van der Waals surface area contributed by atoms with Crippen LogP contribution in [0.2, 0.25) is 0 Å². The second-order valence-electron chi connectivity index (χ2n) is 4.76. The average molecular weight is 236 g/mol. The van der Waals surface area contributed by atoms with Crippen molar-refractivity contribution < 1.29 is 14.9 Å². The zero-order valence-electron chi connectivity index (χ0n) is 10.4. The Morgan fingerprint density at radius 1 is 1.29 bits per heavy atom. The number of nitrogens with zero attached hydrogens (tertiary/aromatic N) is 2. The van der Waals surface area contributed by atoms with E-state index in [-0.39, 0.29) is 0 Å². The Kier molecular flexibility index (Phi) is 3.71. The number of aromatic nitrogens is 1.